The molecule has 126 valence electrons. The quantitative estimate of drug-likeness (QED) is 0.636. The van der Waals surface area contributed by atoms with Crippen LogP contribution in [0.2, 0.25) is 0 Å². The van der Waals surface area contributed by atoms with E-state index in [1.54, 1.807) is 19.9 Å². The minimum Gasteiger partial charge on any atom is -0.480 e. The van der Waals surface area contributed by atoms with Gasteiger partial charge in [-0.15, -0.1) is 0 Å². The number of rotatable bonds is 5. The molecule has 1 fully saturated rings. The lowest BCUT2D eigenvalue weighted by Gasteiger charge is -2.26. The normalized spacial score (nSPS) is 18.6. The lowest BCUT2D eigenvalue weighted by molar-refractivity contribution is -0.146. The smallest absolute Gasteiger partial charge is 0.327 e. The second-order valence-electron chi connectivity index (χ2n) is 5.88. The second kappa shape index (κ2) is 7.77. The number of benzene rings is 1. The van der Waals surface area contributed by atoms with E-state index in [4.69, 9.17) is 12.2 Å². The van der Waals surface area contributed by atoms with E-state index in [9.17, 15) is 14.7 Å². The van der Waals surface area contributed by atoms with Gasteiger partial charge in [-0.3, -0.25) is 9.69 Å². The van der Waals surface area contributed by atoms with Gasteiger partial charge in [-0.2, -0.15) is 0 Å². The molecular formula is C18H19NO3S2. The van der Waals surface area contributed by atoms with Crippen molar-refractivity contribution < 1.29 is 14.7 Å². The largest absolute Gasteiger partial charge is 0.480 e. The fourth-order valence-corrected chi connectivity index (χ4v) is 3.85. The third kappa shape index (κ3) is 4.13. The molecule has 1 aromatic rings. The zero-order valence-electron chi connectivity index (χ0n) is 13.7. The number of thiocarbonyl (C=S) groups is 1. The molecule has 0 aromatic heterocycles. The maximum atomic E-state index is 12.6. The number of amides is 1. The molecule has 1 aromatic carbocycles. The number of carbonyl (C=O) groups is 2. The van der Waals surface area contributed by atoms with Crippen LogP contribution in [-0.4, -0.2) is 32.2 Å². The van der Waals surface area contributed by atoms with Crippen molar-refractivity contribution in [1.29, 1.82) is 0 Å². The van der Waals surface area contributed by atoms with Gasteiger partial charge in [-0.25, -0.2) is 4.79 Å². The third-order valence-corrected chi connectivity index (χ3v) is 4.87. The van der Waals surface area contributed by atoms with E-state index in [1.165, 1.54) is 4.90 Å². The summed E-state index contributed by atoms with van der Waals surface area (Å²) in [7, 11) is 0. The molecule has 0 saturated carbocycles. The van der Waals surface area contributed by atoms with Crippen LogP contribution in [-0.2, 0) is 9.59 Å². The van der Waals surface area contributed by atoms with Crippen molar-refractivity contribution in [3.05, 3.63) is 52.4 Å². The molecule has 1 atom stereocenters. The zero-order valence-corrected chi connectivity index (χ0v) is 15.4. The molecule has 1 heterocycles. The number of thioether (sulfide) groups is 1. The summed E-state index contributed by atoms with van der Waals surface area (Å²) < 4.78 is 0.292. The van der Waals surface area contributed by atoms with Crippen LogP contribution in [0.4, 0.5) is 0 Å². The Labute approximate surface area is 151 Å². The van der Waals surface area contributed by atoms with Gasteiger partial charge in [0.2, 0.25) is 0 Å². The summed E-state index contributed by atoms with van der Waals surface area (Å²) in [6.45, 7) is 5.43. The van der Waals surface area contributed by atoms with Crippen LogP contribution in [0.5, 0.6) is 0 Å². The van der Waals surface area contributed by atoms with E-state index in [0.29, 0.717) is 9.23 Å². The third-order valence-electron chi connectivity index (χ3n) is 3.54. The van der Waals surface area contributed by atoms with Gasteiger partial charge in [0.15, 0.2) is 0 Å². The highest BCUT2D eigenvalue weighted by molar-refractivity contribution is 8.26. The zero-order chi connectivity index (χ0) is 17.9. The fraction of sp³-hybridized carbons (Fsp3) is 0.278. The van der Waals surface area contributed by atoms with Crippen LogP contribution in [0.3, 0.4) is 0 Å². The van der Waals surface area contributed by atoms with E-state index in [1.807, 2.05) is 43.3 Å². The van der Waals surface area contributed by atoms with E-state index in [2.05, 4.69) is 0 Å². The summed E-state index contributed by atoms with van der Waals surface area (Å²) in [5, 5.41) is 9.41. The minimum atomic E-state index is -1.04. The number of allylic oxidation sites excluding steroid dienone is 2. The van der Waals surface area contributed by atoms with Crippen LogP contribution in [0.15, 0.2) is 46.9 Å². The van der Waals surface area contributed by atoms with E-state index in [-0.39, 0.29) is 11.8 Å². The summed E-state index contributed by atoms with van der Waals surface area (Å²) in [6.07, 6.45) is 3.72. The summed E-state index contributed by atoms with van der Waals surface area (Å²) >= 11 is 6.38. The first-order valence-electron chi connectivity index (χ1n) is 7.54. The van der Waals surface area contributed by atoms with Gasteiger partial charge in [0.05, 0.1) is 4.91 Å². The van der Waals surface area contributed by atoms with Crippen molar-refractivity contribution in [3.8, 4) is 0 Å². The number of carboxylic acid groups (broad SMARTS) is 1. The van der Waals surface area contributed by atoms with Gasteiger partial charge in [0, 0.05) is 0 Å². The Morgan fingerprint density at radius 1 is 1.29 bits per heavy atom. The summed E-state index contributed by atoms with van der Waals surface area (Å²) in [5.74, 6) is -1.61. The van der Waals surface area contributed by atoms with Crippen LogP contribution in [0.1, 0.15) is 26.3 Å². The Bertz CT molecular complexity index is 723. The highest BCUT2D eigenvalue weighted by Crippen LogP contribution is 2.35. The molecule has 6 heteroatoms. The molecule has 1 amide bonds. The predicted octanol–water partition coefficient (Wildman–Crippen LogP) is 3.94. The maximum Gasteiger partial charge on any atom is 0.327 e. The summed E-state index contributed by atoms with van der Waals surface area (Å²) in [5.41, 5.74) is 1.94. The number of carbonyl (C=O) groups excluding carboxylic acids is 1. The average Bonchev–Trinajstić information content (AvgIpc) is 2.75. The maximum absolute atomic E-state index is 12.6. The molecule has 0 aliphatic carbocycles. The lowest BCUT2D eigenvalue weighted by Crippen LogP contribution is -2.47. The molecule has 24 heavy (non-hydrogen) atoms. The van der Waals surface area contributed by atoms with Crippen LogP contribution in [0, 0.1) is 5.92 Å². The minimum absolute atomic E-state index is 0.231. The molecule has 0 bridgehead atoms. The summed E-state index contributed by atoms with van der Waals surface area (Å²) in [6, 6.07) is 8.83. The second-order valence-corrected chi connectivity index (χ2v) is 7.55. The van der Waals surface area contributed by atoms with Crippen LogP contribution in [0.25, 0.3) is 6.08 Å². The average molecular weight is 361 g/mol. The van der Waals surface area contributed by atoms with E-state index >= 15 is 0 Å². The van der Waals surface area contributed by atoms with Gasteiger partial charge in [0.1, 0.15) is 10.4 Å². The van der Waals surface area contributed by atoms with Gasteiger partial charge in [0.25, 0.3) is 5.91 Å². The van der Waals surface area contributed by atoms with Gasteiger partial charge in [-0.05, 0) is 30.1 Å². The lowest BCUT2D eigenvalue weighted by atomic mass is 10.0. The first kappa shape index (κ1) is 18.4. The van der Waals surface area contributed by atoms with Gasteiger partial charge >= 0.3 is 5.97 Å². The molecule has 1 N–H and O–H groups in total. The van der Waals surface area contributed by atoms with E-state index in [0.717, 1.165) is 22.9 Å². The number of hydrogen-bond acceptors (Lipinski definition) is 4. The van der Waals surface area contributed by atoms with E-state index < -0.39 is 12.0 Å². The van der Waals surface area contributed by atoms with Crippen molar-refractivity contribution in [2.75, 3.05) is 0 Å². The summed E-state index contributed by atoms with van der Waals surface area (Å²) in [4.78, 5) is 25.8. The monoisotopic (exact) mass is 361 g/mol. The Hall–Kier alpha value is -1.92. The Morgan fingerprint density at radius 3 is 2.46 bits per heavy atom. The number of carboxylic acids is 1. The first-order chi connectivity index (χ1) is 11.3. The fourth-order valence-electron chi connectivity index (χ4n) is 2.47. The number of nitrogens with zero attached hydrogens (tertiary/aromatic N) is 1. The molecule has 0 unspecified atom stereocenters. The van der Waals surface area contributed by atoms with Crippen molar-refractivity contribution in [1.82, 2.24) is 4.90 Å². The van der Waals surface area contributed by atoms with Crippen LogP contribution < -0.4 is 0 Å². The SMILES string of the molecule is CC(=C\c1ccccc1)/C=C1/SC(=S)N([C@@H](C(=O)O)C(C)C)C1=O. The highest BCUT2D eigenvalue weighted by atomic mass is 32.2. The molecule has 0 spiro atoms. The Morgan fingerprint density at radius 2 is 1.92 bits per heavy atom. The van der Waals surface area contributed by atoms with Crippen LogP contribution >= 0.6 is 24.0 Å². The van der Waals surface area contributed by atoms with Gasteiger partial charge in [-0.1, -0.05) is 74.2 Å². The Balaban J connectivity index is 2.28. The topological polar surface area (TPSA) is 57.6 Å². The Kier molecular flexibility index (Phi) is 5.96. The van der Waals surface area contributed by atoms with Crippen molar-refractivity contribution in [2.24, 2.45) is 5.92 Å². The standard InChI is InChI=1S/C18H19NO3S2/c1-11(2)15(17(21)22)19-16(20)14(24-18(19)23)10-12(3)9-13-7-5-4-6-8-13/h4-11,15H,1-3H3,(H,21,22)/b12-9+,14-10+/t15-/m1/s1. The number of aliphatic carboxylic acids is 1. The molecule has 0 radical (unpaired) electrons. The molecular weight excluding hydrogens is 342 g/mol. The first-order valence-corrected chi connectivity index (χ1v) is 8.77. The molecule has 4 nitrogen and oxygen atoms in total. The molecule has 1 saturated heterocycles. The van der Waals surface area contributed by atoms with Crippen molar-refractivity contribution >= 4 is 46.3 Å². The molecule has 1 aliphatic heterocycles. The van der Waals surface area contributed by atoms with Crippen molar-refractivity contribution in [3.63, 3.8) is 0 Å². The van der Waals surface area contributed by atoms with Gasteiger partial charge < -0.3 is 5.11 Å². The highest BCUT2D eigenvalue weighted by Gasteiger charge is 2.41. The predicted molar refractivity (Wildman–Crippen MR) is 101 cm³/mol. The molecule has 1 aliphatic rings. The number of hydrogen-bond donors (Lipinski definition) is 1. The van der Waals surface area contributed by atoms with Crippen molar-refractivity contribution in [2.45, 2.75) is 26.8 Å². The molecule has 2 rings (SSSR count).